The first-order valence-electron chi connectivity index (χ1n) is 5.82. The number of methoxy groups -OCH3 is 1. The highest BCUT2D eigenvalue weighted by molar-refractivity contribution is 5.82. The van der Waals surface area contributed by atoms with Crippen LogP contribution in [0.25, 0.3) is 0 Å². The highest BCUT2D eigenvalue weighted by Crippen LogP contribution is 2.12. The molecule has 2 amide bonds. The number of nitrogens with zero attached hydrogens (tertiary/aromatic N) is 1. The maximum absolute atomic E-state index is 11.7. The summed E-state index contributed by atoms with van der Waals surface area (Å²) >= 11 is 0. The van der Waals surface area contributed by atoms with Gasteiger partial charge in [0.05, 0.1) is 7.11 Å². The van der Waals surface area contributed by atoms with Gasteiger partial charge >= 0.3 is 12.0 Å². The van der Waals surface area contributed by atoms with E-state index in [1.807, 2.05) is 18.2 Å². The van der Waals surface area contributed by atoms with E-state index in [0.717, 1.165) is 10.5 Å². The third-order valence-corrected chi connectivity index (χ3v) is 2.84. The molecule has 0 heterocycles. The molecule has 19 heavy (non-hydrogen) atoms. The number of amides is 2. The second kappa shape index (κ2) is 6.63. The minimum atomic E-state index is -1.04. The fraction of sp³-hybridized carbons (Fsp3) is 0.385. The van der Waals surface area contributed by atoms with Gasteiger partial charge in [0.15, 0.2) is 0 Å². The number of likely N-dealkylation sites (N-methyl/N-ethyl adjacent to an activating group) is 1. The largest absolute Gasteiger partial charge is 0.497 e. The molecule has 0 saturated heterocycles. The number of carbonyl (C=O) groups is 2. The van der Waals surface area contributed by atoms with Crippen LogP contribution in [0.1, 0.15) is 12.5 Å². The van der Waals surface area contributed by atoms with Crippen molar-refractivity contribution in [2.75, 3.05) is 14.2 Å². The zero-order valence-electron chi connectivity index (χ0n) is 11.2. The molecule has 1 aromatic carbocycles. The third-order valence-electron chi connectivity index (χ3n) is 2.84. The van der Waals surface area contributed by atoms with Crippen LogP contribution in [0.15, 0.2) is 24.3 Å². The Hall–Kier alpha value is -2.24. The lowest BCUT2D eigenvalue weighted by molar-refractivity contribution is -0.141. The summed E-state index contributed by atoms with van der Waals surface area (Å²) in [7, 11) is 3.01. The minimum Gasteiger partial charge on any atom is -0.497 e. The number of carbonyl (C=O) groups excluding carboxylic acids is 1. The predicted molar refractivity (Wildman–Crippen MR) is 70.1 cm³/mol. The standard InChI is InChI=1S/C13H18N2O4/c1-9(12(16)17)15(2)13(18)14-8-10-5-4-6-11(7-10)19-3/h4-7,9H,8H2,1-3H3,(H,14,18)(H,16,17). The van der Waals surface area contributed by atoms with Crippen molar-refractivity contribution in [2.24, 2.45) is 0 Å². The number of ether oxygens (including phenoxy) is 1. The molecule has 104 valence electrons. The van der Waals surface area contributed by atoms with Crippen molar-refractivity contribution < 1.29 is 19.4 Å². The van der Waals surface area contributed by atoms with Crippen molar-refractivity contribution in [3.63, 3.8) is 0 Å². The molecule has 6 heteroatoms. The van der Waals surface area contributed by atoms with Crippen molar-refractivity contribution in [2.45, 2.75) is 19.5 Å². The summed E-state index contributed by atoms with van der Waals surface area (Å²) in [6.07, 6.45) is 0. The summed E-state index contributed by atoms with van der Waals surface area (Å²) in [6.45, 7) is 1.76. The summed E-state index contributed by atoms with van der Waals surface area (Å²) < 4.78 is 5.08. The maximum atomic E-state index is 11.7. The Bertz CT molecular complexity index is 462. The molecule has 1 atom stereocenters. The van der Waals surface area contributed by atoms with E-state index in [0.29, 0.717) is 12.3 Å². The second-order valence-corrected chi connectivity index (χ2v) is 4.14. The molecule has 0 aliphatic carbocycles. The number of benzene rings is 1. The first-order chi connectivity index (χ1) is 8.95. The van der Waals surface area contributed by atoms with Gasteiger partial charge < -0.3 is 20.1 Å². The average Bonchev–Trinajstić information content (AvgIpc) is 2.43. The van der Waals surface area contributed by atoms with Crippen LogP contribution >= 0.6 is 0 Å². The molecule has 0 aliphatic heterocycles. The number of nitrogens with one attached hydrogen (secondary N) is 1. The molecule has 0 spiro atoms. The van der Waals surface area contributed by atoms with Gasteiger partial charge in [-0.1, -0.05) is 12.1 Å². The summed E-state index contributed by atoms with van der Waals surface area (Å²) in [4.78, 5) is 23.6. The van der Waals surface area contributed by atoms with Crippen LogP contribution in [0, 0.1) is 0 Å². The maximum Gasteiger partial charge on any atom is 0.326 e. The van der Waals surface area contributed by atoms with Gasteiger partial charge in [0.1, 0.15) is 11.8 Å². The summed E-state index contributed by atoms with van der Waals surface area (Å²) in [5.74, 6) is -0.335. The highest BCUT2D eigenvalue weighted by Gasteiger charge is 2.21. The van der Waals surface area contributed by atoms with E-state index in [1.165, 1.54) is 14.0 Å². The van der Waals surface area contributed by atoms with Crippen molar-refractivity contribution in [3.05, 3.63) is 29.8 Å². The van der Waals surface area contributed by atoms with Gasteiger partial charge in [-0.25, -0.2) is 9.59 Å². The first kappa shape index (κ1) is 14.8. The fourth-order valence-electron chi connectivity index (χ4n) is 1.43. The molecular weight excluding hydrogens is 248 g/mol. The molecule has 0 fully saturated rings. The number of urea groups is 1. The van der Waals surface area contributed by atoms with E-state index < -0.39 is 18.0 Å². The van der Waals surface area contributed by atoms with E-state index in [-0.39, 0.29) is 0 Å². The van der Waals surface area contributed by atoms with E-state index in [9.17, 15) is 9.59 Å². The van der Waals surface area contributed by atoms with Crippen molar-refractivity contribution in [1.29, 1.82) is 0 Å². The van der Waals surface area contributed by atoms with Gasteiger partial charge in [-0.05, 0) is 24.6 Å². The Morgan fingerprint density at radius 1 is 1.47 bits per heavy atom. The van der Waals surface area contributed by atoms with Crippen LogP contribution in [0.5, 0.6) is 5.75 Å². The van der Waals surface area contributed by atoms with E-state index in [2.05, 4.69) is 5.32 Å². The van der Waals surface area contributed by atoms with Gasteiger partial charge in [0, 0.05) is 13.6 Å². The monoisotopic (exact) mass is 266 g/mol. The number of carboxylic acids is 1. The summed E-state index contributed by atoms with van der Waals surface area (Å²) in [6, 6.07) is 5.99. The van der Waals surface area contributed by atoms with Crippen LogP contribution in [-0.4, -0.2) is 42.2 Å². The van der Waals surface area contributed by atoms with Gasteiger partial charge in [-0.15, -0.1) is 0 Å². The number of aliphatic carboxylic acids is 1. The Kier molecular flexibility index (Phi) is 5.17. The molecule has 6 nitrogen and oxygen atoms in total. The number of carboxylic acid groups (broad SMARTS) is 1. The smallest absolute Gasteiger partial charge is 0.326 e. The molecule has 1 aromatic rings. The molecule has 0 aliphatic rings. The molecule has 0 aromatic heterocycles. The predicted octanol–water partition coefficient (Wildman–Crippen LogP) is 1.31. The van der Waals surface area contributed by atoms with Crippen LogP contribution in [0.4, 0.5) is 4.79 Å². The number of hydrogen-bond acceptors (Lipinski definition) is 3. The van der Waals surface area contributed by atoms with E-state index in [4.69, 9.17) is 9.84 Å². The summed E-state index contributed by atoms with van der Waals surface area (Å²) in [5.41, 5.74) is 0.879. The Balaban J connectivity index is 2.56. The zero-order chi connectivity index (χ0) is 14.4. The van der Waals surface area contributed by atoms with E-state index >= 15 is 0 Å². The molecule has 0 radical (unpaired) electrons. The van der Waals surface area contributed by atoms with Gasteiger partial charge in [0.2, 0.25) is 0 Å². The first-order valence-corrected chi connectivity index (χ1v) is 5.82. The quantitative estimate of drug-likeness (QED) is 0.842. The molecular formula is C13H18N2O4. The lowest BCUT2D eigenvalue weighted by atomic mass is 10.2. The number of hydrogen-bond donors (Lipinski definition) is 2. The fourth-order valence-corrected chi connectivity index (χ4v) is 1.43. The van der Waals surface area contributed by atoms with Gasteiger partial charge in [-0.3, -0.25) is 0 Å². The van der Waals surface area contributed by atoms with Crippen molar-refractivity contribution >= 4 is 12.0 Å². The second-order valence-electron chi connectivity index (χ2n) is 4.14. The Morgan fingerprint density at radius 2 is 2.16 bits per heavy atom. The number of rotatable bonds is 5. The average molecular weight is 266 g/mol. The molecule has 2 N–H and O–H groups in total. The molecule has 1 unspecified atom stereocenters. The summed E-state index contributed by atoms with van der Waals surface area (Å²) in [5, 5.41) is 11.5. The Morgan fingerprint density at radius 3 is 2.74 bits per heavy atom. The van der Waals surface area contributed by atoms with Crippen LogP contribution in [0.3, 0.4) is 0 Å². The third kappa shape index (κ3) is 4.17. The van der Waals surface area contributed by atoms with Crippen molar-refractivity contribution in [3.8, 4) is 5.75 Å². The lowest BCUT2D eigenvalue weighted by Crippen LogP contribution is -2.45. The molecule has 0 saturated carbocycles. The highest BCUT2D eigenvalue weighted by atomic mass is 16.5. The van der Waals surface area contributed by atoms with Gasteiger partial charge in [-0.2, -0.15) is 0 Å². The zero-order valence-corrected chi connectivity index (χ0v) is 11.2. The van der Waals surface area contributed by atoms with Crippen LogP contribution in [-0.2, 0) is 11.3 Å². The topological polar surface area (TPSA) is 78.9 Å². The normalized spacial score (nSPS) is 11.5. The van der Waals surface area contributed by atoms with Crippen LogP contribution in [0.2, 0.25) is 0 Å². The molecule has 0 bridgehead atoms. The van der Waals surface area contributed by atoms with Crippen molar-refractivity contribution in [1.82, 2.24) is 10.2 Å². The van der Waals surface area contributed by atoms with Crippen LogP contribution < -0.4 is 10.1 Å². The molecule has 1 rings (SSSR count). The van der Waals surface area contributed by atoms with E-state index in [1.54, 1.807) is 13.2 Å². The lowest BCUT2D eigenvalue weighted by Gasteiger charge is -2.21. The minimum absolute atomic E-state index is 0.312. The Labute approximate surface area is 112 Å². The van der Waals surface area contributed by atoms with Gasteiger partial charge in [0.25, 0.3) is 0 Å². The SMILES string of the molecule is COc1cccc(CNC(=O)N(C)C(C)C(=O)O)c1.